The highest BCUT2D eigenvalue weighted by molar-refractivity contribution is 6.19. The van der Waals surface area contributed by atoms with Crippen LogP contribution in [0.2, 0.25) is 0 Å². The summed E-state index contributed by atoms with van der Waals surface area (Å²) in [5, 5.41) is 7.13. The quantitative estimate of drug-likeness (QED) is 0.210. The van der Waals surface area contributed by atoms with Crippen LogP contribution in [0.15, 0.2) is 156 Å². The number of nitrogens with zero attached hydrogens (tertiary/aromatic N) is 3. The van der Waals surface area contributed by atoms with Crippen molar-refractivity contribution >= 4 is 65.6 Å². The molecule has 10 aromatic rings. The Bertz CT molecular complexity index is 2760. The second-order valence-corrected chi connectivity index (χ2v) is 11.6. The van der Waals surface area contributed by atoms with E-state index in [9.17, 15) is 0 Å². The summed E-state index contributed by atoms with van der Waals surface area (Å²) in [5.41, 5.74) is 9.55. The van der Waals surface area contributed by atoms with Gasteiger partial charge in [-0.25, -0.2) is 4.98 Å². The van der Waals surface area contributed by atoms with Gasteiger partial charge in [0.15, 0.2) is 0 Å². The summed E-state index contributed by atoms with van der Waals surface area (Å²) in [6.07, 6.45) is 0. The van der Waals surface area contributed by atoms with E-state index < -0.39 is 0 Å². The van der Waals surface area contributed by atoms with Crippen LogP contribution >= 0.6 is 0 Å². The molecule has 0 spiro atoms. The lowest BCUT2D eigenvalue weighted by Crippen LogP contribution is -1.99. The fourth-order valence-electron chi connectivity index (χ4n) is 7.13. The molecule has 4 heterocycles. The van der Waals surface area contributed by atoms with E-state index in [1.54, 1.807) is 0 Å². The summed E-state index contributed by atoms with van der Waals surface area (Å²) in [5.74, 6) is 0.887. The number of aromatic nitrogens is 3. The Hall–Kier alpha value is -6.13. The summed E-state index contributed by atoms with van der Waals surface area (Å²) in [6.45, 7) is 0. The molecule has 0 saturated carbocycles. The van der Waals surface area contributed by atoms with Crippen LogP contribution in [0.3, 0.4) is 0 Å². The molecule has 4 nitrogen and oxygen atoms in total. The van der Waals surface area contributed by atoms with Crippen LogP contribution in [-0.4, -0.2) is 14.1 Å². The van der Waals surface area contributed by atoms with Gasteiger partial charge in [-0.2, -0.15) is 0 Å². The van der Waals surface area contributed by atoms with E-state index in [4.69, 9.17) is 9.40 Å². The van der Waals surface area contributed by atoms with Gasteiger partial charge in [-0.1, -0.05) is 78.9 Å². The molecule has 210 valence electrons. The van der Waals surface area contributed by atoms with Crippen LogP contribution < -0.4 is 0 Å². The van der Waals surface area contributed by atoms with Crippen molar-refractivity contribution in [3.05, 3.63) is 152 Å². The first-order chi connectivity index (χ1) is 22.3. The molecule has 0 amide bonds. The van der Waals surface area contributed by atoms with Gasteiger partial charge >= 0.3 is 0 Å². The zero-order chi connectivity index (χ0) is 29.5. The van der Waals surface area contributed by atoms with E-state index in [1.165, 1.54) is 32.6 Å². The molecule has 0 aliphatic rings. The van der Waals surface area contributed by atoms with Gasteiger partial charge < -0.3 is 8.98 Å². The SMILES string of the molecule is c1ccc(-n2c3ccccc3c3cc4c5ccccc5n(-c5cccc(-c6ccc7oc8ccccc8c7c6)n5)c4cc32)cc1. The zero-order valence-electron chi connectivity index (χ0n) is 24.2. The van der Waals surface area contributed by atoms with Gasteiger partial charge in [0.25, 0.3) is 0 Å². The van der Waals surface area contributed by atoms with Crippen molar-refractivity contribution in [1.29, 1.82) is 0 Å². The smallest absolute Gasteiger partial charge is 0.138 e. The molecule has 0 radical (unpaired) electrons. The van der Waals surface area contributed by atoms with E-state index in [2.05, 4.69) is 149 Å². The number of benzene rings is 6. The van der Waals surface area contributed by atoms with Crippen LogP contribution in [-0.2, 0) is 0 Å². The van der Waals surface area contributed by atoms with Crippen LogP contribution in [0.25, 0.3) is 88.3 Å². The van der Waals surface area contributed by atoms with E-state index in [0.717, 1.165) is 55.7 Å². The second-order valence-electron chi connectivity index (χ2n) is 11.6. The van der Waals surface area contributed by atoms with Gasteiger partial charge in [0, 0.05) is 43.6 Å². The number of para-hydroxylation sites is 4. The van der Waals surface area contributed by atoms with Crippen LogP contribution in [0.1, 0.15) is 0 Å². The van der Waals surface area contributed by atoms with Gasteiger partial charge in [0.2, 0.25) is 0 Å². The van der Waals surface area contributed by atoms with Gasteiger partial charge in [-0.3, -0.25) is 4.57 Å². The standard InChI is InChI=1S/C41H25N3O/c1-2-11-27(12-3-1)43-35-17-7-4-13-28(35)31-24-32-29-14-5-8-18-36(29)44(38(32)25-37(31)43)41-20-10-16-34(42-41)26-21-22-40-33(23-26)30-15-6-9-19-39(30)45-40/h1-25H. The number of fused-ring (bicyclic) bond motifs is 9. The minimum atomic E-state index is 0.885. The molecule has 0 bridgehead atoms. The summed E-state index contributed by atoms with van der Waals surface area (Å²) in [6, 6.07) is 53.5. The number of hydrogen-bond donors (Lipinski definition) is 0. The molecule has 0 unspecified atom stereocenters. The number of rotatable bonds is 3. The van der Waals surface area contributed by atoms with Crippen molar-refractivity contribution < 1.29 is 4.42 Å². The van der Waals surface area contributed by atoms with Crippen molar-refractivity contribution in [3.63, 3.8) is 0 Å². The number of pyridine rings is 1. The van der Waals surface area contributed by atoms with E-state index in [0.29, 0.717) is 0 Å². The highest BCUT2D eigenvalue weighted by Crippen LogP contribution is 2.40. The lowest BCUT2D eigenvalue weighted by molar-refractivity contribution is 0.669. The van der Waals surface area contributed by atoms with Gasteiger partial charge in [0.05, 0.1) is 27.8 Å². The molecule has 0 fully saturated rings. The minimum Gasteiger partial charge on any atom is -0.456 e. The summed E-state index contributed by atoms with van der Waals surface area (Å²) >= 11 is 0. The second kappa shape index (κ2) is 9.18. The van der Waals surface area contributed by atoms with E-state index in [-0.39, 0.29) is 0 Å². The normalized spacial score (nSPS) is 12.0. The summed E-state index contributed by atoms with van der Waals surface area (Å²) < 4.78 is 10.8. The van der Waals surface area contributed by atoms with Crippen molar-refractivity contribution in [1.82, 2.24) is 14.1 Å². The fraction of sp³-hybridized carbons (Fsp3) is 0. The Morgan fingerprint density at radius 1 is 0.400 bits per heavy atom. The van der Waals surface area contributed by atoms with Crippen molar-refractivity contribution in [3.8, 4) is 22.8 Å². The lowest BCUT2D eigenvalue weighted by atomic mass is 10.1. The molecule has 6 aromatic carbocycles. The number of furan rings is 1. The number of hydrogen-bond acceptors (Lipinski definition) is 2. The highest BCUT2D eigenvalue weighted by atomic mass is 16.3. The summed E-state index contributed by atoms with van der Waals surface area (Å²) in [4.78, 5) is 5.29. The molecule has 0 saturated heterocycles. The largest absolute Gasteiger partial charge is 0.456 e. The molecule has 0 N–H and O–H groups in total. The Labute approximate surface area is 258 Å². The fourth-order valence-corrected chi connectivity index (χ4v) is 7.13. The van der Waals surface area contributed by atoms with E-state index in [1.807, 2.05) is 12.1 Å². The summed E-state index contributed by atoms with van der Waals surface area (Å²) in [7, 11) is 0. The zero-order valence-corrected chi connectivity index (χ0v) is 24.2. The minimum absolute atomic E-state index is 0.885. The van der Waals surface area contributed by atoms with Gasteiger partial charge in [0.1, 0.15) is 17.0 Å². The van der Waals surface area contributed by atoms with Crippen LogP contribution in [0.5, 0.6) is 0 Å². The van der Waals surface area contributed by atoms with Crippen molar-refractivity contribution in [2.75, 3.05) is 0 Å². The first-order valence-electron chi connectivity index (χ1n) is 15.2. The van der Waals surface area contributed by atoms with Crippen molar-refractivity contribution in [2.45, 2.75) is 0 Å². The maximum Gasteiger partial charge on any atom is 0.138 e. The Balaban J connectivity index is 1.25. The Kier molecular flexibility index (Phi) is 4.96. The predicted molar refractivity (Wildman–Crippen MR) is 186 cm³/mol. The molecule has 45 heavy (non-hydrogen) atoms. The Morgan fingerprint density at radius 2 is 1.04 bits per heavy atom. The first kappa shape index (κ1) is 24.3. The molecular weight excluding hydrogens is 550 g/mol. The lowest BCUT2D eigenvalue weighted by Gasteiger charge is -2.11. The maximum absolute atomic E-state index is 6.09. The average Bonchev–Trinajstić information content (AvgIpc) is 3.75. The topological polar surface area (TPSA) is 35.9 Å². The molecule has 4 heteroatoms. The van der Waals surface area contributed by atoms with Gasteiger partial charge in [-0.15, -0.1) is 0 Å². The monoisotopic (exact) mass is 575 g/mol. The molecule has 0 aliphatic heterocycles. The average molecular weight is 576 g/mol. The van der Waals surface area contributed by atoms with Crippen LogP contribution in [0, 0.1) is 0 Å². The van der Waals surface area contributed by atoms with Crippen molar-refractivity contribution in [2.24, 2.45) is 0 Å². The predicted octanol–water partition coefficient (Wildman–Crippen LogP) is 10.8. The maximum atomic E-state index is 6.09. The molecule has 0 atom stereocenters. The third kappa shape index (κ3) is 3.51. The van der Waals surface area contributed by atoms with E-state index >= 15 is 0 Å². The molecule has 0 aliphatic carbocycles. The van der Waals surface area contributed by atoms with Crippen LogP contribution in [0.4, 0.5) is 0 Å². The Morgan fingerprint density at radius 3 is 1.84 bits per heavy atom. The molecule has 4 aromatic heterocycles. The third-order valence-electron chi connectivity index (χ3n) is 9.12. The third-order valence-corrected chi connectivity index (χ3v) is 9.12. The molecule has 10 rings (SSSR count). The first-order valence-corrected chi connectivity index (χ1v) is 15.2. The highest BCUT2D eigenvalue weighted by Gasteiger charge is 2.19. The van der Waals surface area contributed by atoms with Gasteiger partial charge in [-0.05, 0) is 72.8 Å². The molecular formula is C41H25N3O.